The summed E-state index contributed by atoms with van der Waals surface area (Å²) in [5.41, 5.74) is 7.27. The molecule has 8 nitrogen and oxygen atoms in total. The van der Waals surface area contributed by atoms with E-state index >= 15 is 0 Å². The molecule has 3 N–H and O–H groups in total. The highest BCUT2D eigenvalue weighted by molar-refractivity contribution is 5.47. The van der Waals surface area contributed by atoms with Gasteiger partial charge in [0.1, 0.15) is 17.7 Å². The van der Waals surface area contributed by atoms with Crippen LogP contribution in [-0.4, -0.2) is 53.8 Å². The second kappa shape index (κ2) is 7.64. The fourth-order valence-electron chi connectivity index (χ4n) is 4.74. The largest absolute Gasteiger partial charge is 0.416 e. The smallest absolute Gasteiger partial charge is 0.357 e. The van der Waals surface area contributed by atoms with Crippen LogP contribution < -0.4 is 5.73 Å². The van der Waals surface area contributed by atoms with Crippen molar-refractivity contribution >= 4 is 0 Å². The summed E-state index contributed by atoms with van der Waals surface area (Å²) in [6.07, 6.45) is -8.47. The van der Waals surface area contributed by atoms with Gasteiger partial charge in [0, 0.05) is 44.8 Å². The Labute approximate surface area is 185 Å². The number of fused-ring (bicyclic) bond motifs is 1. The van der Waals surface area contributed by atoms with Crippen molar-refractivity contribution in [3.05, 3.63) is 46.8 Å². The molecule has 0 radical (unpaired) electrons. The van der Waals surface area contributed by atoms with Crippen molar-refractivity contribution in [3.63, 3.8) is 0 Å². The molecule has 2 aromatic heterocycles. The number of H-pyrrole nitrogens is 1. The molecule has 0 bridgehead atoms. The number of aromatic amines is 1. The van der Waals surface area contributed by atoms with E-state index in [9.17, 15) is 22.0 Å². The minimum atomic E-state index is -4.73. The molecule has 2 aliphatic heterocycles. The van der Waals surface area contributed by atoms with Crippen LogP contribution in [0.25, 0.3) is 11.6 Å². The molecule has 4 atom stereocenters. The minimum Gasteiger partial charge on any atom is -0.357 e. The number of aryl methyl sites for hydroxylation is 1. The molecular formula is C20H22F5N7O. The zero-order chi connectivity index (χ0) is 23.7. The van der Waals surface area contributed by atoms with Gasteiger partial charge in [-0.1, -0.05) is 0 Å². The van der Waals surface area contributed by atoms with Crippen molar-refractivity contribution in [2.75, 3.05) is 0 Å². The predicted molar refractivity (Wildman–Crippen MR) is 105 cm³/mol. The molecule has 33 heavy (non-hydrogen) atoms. The monoisotopic (exact) mass is 471 g/mol. The molecule has 0 unspecified atom stereocenters. The summed E-state index contributed by atoms with van der Waals surface area (Å²) in [6, 6.07) is 0.523. The van der Waals surface area contributed by atoms with E-state index in [2.05, 4.69) is 15.3 Å². The Kier molecular flexibility index (Phi) is 5.10. The third-order valence-electron chi connectivity index (χ3n) is 6.43. The summed E-state index contributed by atoms with van der Waals surface area (Å²) in [7, 11) is 3.56. The Hall–Kier alpha value is -2.77. The Morgan fingerprint density at radius 3 is 2.52 bits per heavy atom. The van der Waals surface area contributed by atoms with Gasteiger partial charge in [0.05, 0.1) is 11.4 Å². The SMILES string of the molecule is Cn1[nH]nc1-c1nc2c(n1C)CN([C@@H]1C[C@H](N)[C@@H](c3cc(F)ccc3F)O[C@@H]1C(F)(F)F)C2. The lowest BCUT2D eigenvalue weighted by molar-refractivity contribution is -0.269. The van der Waals surface area contributed by atoms with Gasteiger partial charge in [-0.05, 0) is 24.6 Å². The lowest BCUT2D eigenvalue weighted by Gasteiger charge is -2.44. The lowest BCUT2D eigenvalue weighted by Crippen LogP contribution is -2.58. The molecule has 2 aliphatic rings. The Morgan fingerprint density at radius 2 is 1.91 bits per heavy atom. The lowest BCUT2D eigenvalue weighted by atomic mass is 9.89. The zero-order valence-electron chi connectivity index (χ0n) is 17.8. The summed E-state index contributed by atoms with van der Waals surface area (Å²) in [4.78, 5) is 6.19. The summed E-state index contributed by atoms with van der Waals surface area (Å²) < 4.78 is 78.9. The fourth-order valence-corrected chi connectivity index (χ4v) is 4.74. The van der Waals surface area contributed by atoms with Crippen molar-refractivity contribution < 1.29 is 26.7 Å². The highest BCUT2D eigenvalue weighted by atomic mass is 19.4. The average Bonchev–Trinajstić information content (AvgIpc) is 3.27. The first-order valence-corrected chi connectivity index (χ1v) is 10.3. The number of nitrogens with zero attached hydrogens (tertiary/aromatic N) is 5. The highest BCUT2D eigenvalue weighted by Crippen LogP contribution is 2.42. The Balaban J connectivity index is 1.41. The van der Waals surface area contributed by atoms with Gasteiger partial charge in [-0.25, -0.2) is 19.0 Å². The van der Waals surface area contributed by atoms with E-state index in [1.807, 2.05) is 4.57 Å². The number of benzene rings is 1. The molecular weight excluding hydrogens is 449 g/mol. The standard InChI is InChI=1S/C20H22F5N7O/c1-30-15-8-32(7-13(15)27-18(30)19-28-29-31(19)2)14-6-12(26)16(33-17(14)20(23,24)25)10-5-9(21)3-4-11(10)22/h3-5,12,14,16-17,29H,6-8,26H2,1-2H3/t12-,14+,16+,17-/m0/s1. The zero-order valence-corrected chi connectivity index (χ0v) is 17.8. The number of ether oxygens (including phenoxy) is 1. The predicted octanol–water partition coefficient (Wildman–Crippen LogP) is 2.53. The van der Waals surface area contributed by atoms with Crippen molar-refractivity contribution in [1.82, 2.24) is 29.4 Å². The van der Waals surface area contributed by atoms with E-state index in [1.54, 1.807) is 23.7 Å². The first-order valence-electron chi connectivity index (χ1n) is 10.3. The third kappa shape index (κ3) is 3.63. The molecule has 0 saturated carbocycles. The number of halogens is 5. The van der Waals surface area contributed by atoms with Crippen molar-refractivity contribution in [3.8, 4) is 11.6 Å². The maximum Gasteiger partial charge on any atom is 0.416 e. The van der Waals surface area contributed by atoms with Crippen LogP contribution in [0.1, 0.15) is 29.5 Å². The van der Waals surface area contributed by atoms with Crippen LogP contribution in [0.4, 0.5) is 22.0 Å². The molecule has 5 rings (SSSR count). The summed E-state index contributed by atoms with van der Waals surface area (Å²) in [6.45, 7) is 0.398. The van der Waals surface area contributed by atoms with Gasteiger partial charge in [0.15, 0.2) is 11.9 Å². The van der Waals surface area contributed by atoms with E-state index in [4.69, 9.17) is 10.5 Å². The van der Waals surface area contributed by atoms with Gasteiger partial charge in [-0.2, -0.15) is 13.2 Å². The first kappa shape index (κ1) is 22.0. The number of hydrogen-bond acceptors (Lipinski definition) is 5. The van der Waals surface area contributed by atoms with E-state index in [0.29, 0.717) is 17.3 Å². The number of alkyl halides is 3. The molecule has 3 aromatic rings. The summed E-state index contributed by atoms with van der Waals surface area (Å²) >= 11 is 0. The second-order valence-electron chi connectivity index (χ2n) is 8.54. The van der Waals surface area contributed by atoms with Crippen molar-refractivity contribution in [1.29, 1.82) is 0 Å². The van der Waals surface area contributed by atoms with Gasteiger partial charge in [-0.15, -0.1) is 5.10 Å². The van der Waals surface area contributed by atoms with Crippen LogP contribution in [0.2, 0.25) is 0 Å². The van der Waals surface area contributed by atoms with Crippen molar-refractivity contribution in [2.24, 2.45) is 19.8 Å². The molecule has 13 heteroatoms. The molecule has 0 spiro atoms. The first-order chi connectivity index (χ1) is 15.5. The van der Waals surface area contributed by atoms with Crippen LogP contribution in [0.15, 0.2) is 18.2 Å². The second-order valence-corrected chi connectivity index (χ2v) is 8.54. The number of hydrogen-bond donors (Lipinski definition) is 2. The van der Waals surface area contributed by atoms with Crippen LogP contribution in [-0.2, 0) is 31.9 Å². The molecule has 1 saturated heterocycles. The minimum absolute atomic E-state index is 0.106. The van der Waals surface area contributed by atoms with Gasteiger partial charge >= 0.3 is 6.18 Å². The van der Waals surface area contributed by atoms with Crippen LogP contribution in [0, 0.1) is 11.6 Å². The summed E-state index contributed by atoms with van der Waals surface area (Å²) in [5, 5.41) is 6.77. The molecule has 0 aliphatic carbocycles. The Bertz CT molecular complexity index is 1180. The fraction of sp³-hybridized carbons (Fsp3) is 0.500. The quantitative estimate of drug-likeness (QED) is 0.573. The van der Waals surface area contributed by atoms with E-state index in [1.165, 1.54) is 0 Å². The third-order valence-corrected chi connectivity index (χ3v) is 6.43. The summed E-state index contributed by atoms with van der Waals surface area (Å²) in [5.74, 6) is -0.386. The maximum atomic E-state index is 14.3. The van der Waals surface area contributed by atoms with E-state index in [-0.39, 0.29) is 25.1 Å². The molecule has 178 valence electrons. The van der Waals surface area contributed by atoms with Crippen LogP contribution >= 0.6 is 0 Å². The number of nitrogens with one attached hydrogen (secondary N) is 1. The average molecular weight is 471 g/mol. The maximum absolute atomic E-state index is 14.3. The molecule has 1 fully saturated rings. The van der Waals surface area contributed by atoms with Gasteiger partial charge in [0.2, 0.25) is 5.82 Å². The van der Waals surface area contributed by atoms with Crippen LogP contribution in [0.5, 0.6) is 0 Å². The van der Waals surface area contributed by atoms with Gasteiger partial charge in [0.25, 0.3) is 0 Å². The van der Waals surface area contributed by atoms with Crippen LogP contribution in [0.3, 0.4) is 0 Å². The number of rotatable bonds is 3. The van der Waals surface area contributed by atoms with Gasteiger partial charge in [-0.3, -0.25) is 9.58 Å². The number of imidazole rings is 1. The molecule has 4 heterocycles. The number of aromatic nitrogens is 5. The molecule has 0 amide bonds. The topological polar surface area (TPSA) is 89.9 Å². The normalized spacial score (nSPS) is 26.2. The Morgan fingerprint density at radius 1 is 1.15 bits per heavy atom. The number of nitrogens with two attached hydrogens (primary N) is 1. The van der Waals surface area contributed by atoms with Gasteiger partial charge < -0.3 is 15.0 Å². The van der Waals surface area contributed by atoms with Crippen molar-refractivity contribution in [2.45, 2.75) is 50.0 Å². The highest BCUT2D eigenvalue weighted by Gasteiger charge is 2.54. The van der Waals surface area contributed by atoms with E-state index in [0.717, 1.165) is 23.9 Å². The van der Waals surface area contributed by atoms with E-state index < -0.39 is 42.1 Å². The molecule has 1 aromatic carbocycles.